The molecule has 0 atom stereocenters. The maximum atomic E-state index is 10.6. The van der Waals surface area contributed by atoms with E-state index in [4.69, 9.17) is 5.11 Å². The fraction of sp³-hybridized carbons (Fsp3) is 0.286. The summed E-state index contributed by atoms with van der Waals surface area (Å²) in [5, 5.41) is 10.0. The molecule has 0 aliphatic heterocycles. The number of carboxylic acid groups (broad SMARTS) is 1. The maximum absolute atomic E-state index is 10.6. The zero-order chi connectivity index (χ0) is 9.84. The molecule has 70 valence electrons. The molecule has 1 heterocycles. The molecule has 0 radical (unpaired) electrons. The van der Waals surface area contributed by atoms with E-state index in [1.54, 1.807) is 6.07 Å². The van der Waals surface area contributed by atoms with Gasteiger partial charge >= 0.3 is 5.97 Å². The summed E-state index contributed by atoms with van der Waals surface area (Å²) in [6.45, 7) is 0. The van der Waals surface area contributed by atoms with Gasteiger partial charge < -0.3 is 5.11 Å². The zero-order valence-corrected chi connectivity index (χ0v) is 8.78. The lowest BCUT2D eigenvalue weighted by Crippen LogP contribution is -2.05. The van der Waals surface area contributed by atoms with Gasteiger partial charge in [0.25, 0.3) is 0 Å². The third kappa shape index (κ3) is 2.60. The molecule has 4 nitrogen and oxygen atoms in total. The molecule has 0 amide bonds. The predicted octanol–water partition coefficient (Wildman–Crippen LogP) is 1.62. The smallest absolute Gasteiger partial charge is 0.374 e. The molecule has 0 aromatic carbocycles. The van der Waals surface area contributed by atoms with Crippen molar-refractivity contribution in [2.24, 2.45) is 0 Å². The molecule has 0 unspecified atom stereocenters. The van der Waals surface area contributed by atoms with Gasteiger partial charge in [0.2, 0.25) is 5.82 Å². The summed E-state index contributed by atoms with van der Waals surface area (Å²) in [5.74, 6) is -1.23. The highest BCUT2D eigenvalue weighted by Gasteiger charge is 2.09. The predicted molar refractivity (Wildman–Crippen MR) is 52.6 cm³/mol. The molecular formula is C7H8N2O2S2. The average molecular weight is 216 g/mol. The van der Waals surface area contributed by atoms with Crippen molar-refractivity contribution in [1.82, 2.24) is 9.97 Å². The van der Waals surface area contributed by atoms with Gasteiger partial charge in [-0.2, -0.15) is 0 Å². The Morgan fingerprint density at radius 2 is 1.77 bits per heavy atom. The second kappa shape index (κ2) is 4.48. The molecule has 0 spiro atoms. The van der Waals surface area contributed by atoms with Crippen LogP contribution < -0.4 is 0 Å². The fourth-order valence-electron chi connectivity index (χ4n) is 0.709. The Labute approximate surface area is 84.2 Å². The van der Waals surface area contributed by atoms with Crippen LogP contribution in [0.2, 0.25) is 0 Å². The molecule has 1 aromatic heterocycles. The Bertz CT molecular complexity index is 308. The van der Waals surface area contributed by atoms with E-state index < -0.39 is 5.97 Å². The molecule has 0 bridgehead atoms. The number of thioether (sulfide) groups is 2. The third-order valence-electron chi connectivity index (χ3n) is 1.29. The first kappa shape index (κ1) is 10.3. The number of aromatic nitrogens is 2. The fourth-order valence-corrected chi connectivity index (χ4v) is 1.60. The lowest BCUT2D eigenvalue weighted by atomic mass is 10.5. The second-order valence-electron chi connectivity index (χ2n) is 2.08. The van der Waals surface area contributed by atoms with Crippen LogP contribution in [0.5, 0.6) is 0 Å². The maximum Gasteiger partial charge on any atom is 0.374 e. The van der Waals surface area contributed by atoms with E-state index in [2.05, 4.69) is 9.97 Å². The Morgan fingerprint density at radius 1 is 1.31 bits per heavy atom. The van der Waals surface area contributed by atoms with Crippen molar-refractivity contribution in [3.63, 3.8) is 0 Å². The minimum absolute atomic E-state index is 0.142. The largest absolute Gasteiger partial charge is 0.475 e. The van der Waals surface area contributed by atoms with Gasteiger partial charge in [0.1, 0.15) is 10.1 Å². The highest BCUT2D eigenvalue weighted by Crippen LogP contribution is 2.18. The van der Waals surface area contributed by atoms with Crippen molar-refractivity contribution in [2.75, 3.05) is 12.5 Å². The second-order valence-corrected chi connectivity index (χ2v) is 3.73. The Balaban J connectivity index is 3.14. The number of hydrogen-bond acceptors (Lipinski definition) is 5. The van der Waals surface area contributed by atoms with Crippen LogP contribution in [-0.4, -0.2) is 33.6 Å². The molecule has 0 aliphatic rings. The molecule has 6 heteroatoms. The number of rotatable bonds is 3. The van der Waals surface area contributed by atoms with Gasteiger partial charge in [0.05, 0.1) is 0 Å². The van der Waals surface area contributed by atoms with Gasteiger partial charge in [-0.05, 0) is 12.5 Å². The van der Waals surface area contributed by atoms with Gasteiger partial charge in [0.15, 0.2) is 0 Å². The van der Waals surface area contributed by atoms with Crippen LogP contribution in [0.15, 0.2) is 16.1 Å². The Morgan fingerprint density at radius 3 is 2.08 bits per heavy atom. The number of aromatic carboxylic acids is 1. The number of carboxylic acids is 1. The standard InChI is InChI=1S/C7H8N2O2S2/c1-12-4-3-5(13-2)9-6(8-4)7(10)11/h3H,1-2H3,(H,10,11). The summed E-state index contributed by atoms with van der Waals surface area (Å²) in [7, 11) is 0. The van der Waals surface area contributed by atoms with Crippen molar-refractivity contribution in [3.8, 4) is 0 Å². The quantitative estimate of drug-likeness (QED) is 0.612. The molecule has 0 aliphatic carbocycles. The van der Waals surface area contributed by atoms with Gasteiger partial charge in [-0.25, -0.2) is 14.8 Å². The number of carbonyl (C=O) groups is 1. The van der Waals surface area contributed by atoms with E-state index in [-0.39, 0.29) is 5.82 Å². The molecule has 0 saturated heterocycles. The minimum Gasteiger partial charge on any atom is -0.475 e. The summed E-state index contributed by atoms with van der Waals surface area (Å²) < 4.78 is 0. The molecule has 1 N–H and O–H groups in total. The highest BCUT2D eigenvalue weighted by atomic mass is 32.2. The van der Waals surface area contributed by atoms with Crippen molar-refractivity contribution in [3.05, 3.63) is 11.9 Å². The molecule has 0 fully saturated rings. The summed E-state index contributed by atoms with van der Waals surface area (Å²) in [6, 6.07) is 1.77. The normalized spacial score (nSPS) is 10.0. The lowest BCUT2D eigenvalue weighted by molar-refractivity contribution is 0.0681. The number of nitrogens with zero attached hydrogens (tertiary/aromatic N) is 2. The van der Waals surface area contributed by atoms with Crippen LogP contribution in [0.3, 0.4) is 0 Å². The van der Waals surface area contributed by atoms with E-state index >= 15 is 0 Å². The van der Waals surface area contributed by atoms with Gasteiger partial charge in [-0.3, -0.25) is 0 Å². The van der Waals surface area contributed by atoms with E-state index in [0.717, 1.165) is 0 Å². The monoisotopic (exact) mass is 216 g/mol. The third-order valence-corrected chi connectivity index (χ3v) is 2.54. The highest BCUT2D eigenvalue weighted by molar-refractivity contribution is 7.99. The van der Waals surface area contributed by atoms with Crippen molar-refractivity contribution >= 4 is 29.5 Å². The van der Waals surface area contributed by atoms with Crippen LogP contribution in [0.25, 0.3) is 0 Å². The van der Waals surface area contributed by atoms with Crippen LogP contribution in [-0.2, 0) is 0 Å². The first-order chi connectivity index (χ1) is 6.17. The summed E-state index contributed by atoms with van der Waals surface area (Å²) >= 11 is 2.80. The van der Waals surface area contributed by atoms with E-state index in [1.807, 2.05) is 12.5 Å². The first-order valence-corrected chi connectivity index (χ1v) is 5.82. The van der Waals surface area contributed by atoms with Crippen LogP contribution in [0, 0.1) is 0 Å². The SMILES string of the molecule is CSc1cc(SC)nc(C(=O)O)n1. The summed E-state index contributed by atoms with van der Waals surface area (Å²) in [5.41, 5.74) is 0. The van der Waals surface area contributed by atoms with E-state index in [1.165, 1.54) is 23.5 Å². The minimum atomic E-state index is -1.09. The van der Waals surface area contributed by atoms with E-state index in [0.29, 0.717) is 10.1 Å². The zero-order valence-electron chi connectivity index (χ0n) is 7.14. The van der Waals surface area contributed by atoms with Crippen molar-refractivity contribution in [2.45, 2.75) is 10.1 Å². The number of hydrogen-bond donors (Lipinski definition) is 1. The topological polar surface area (TPSA) is 63.1 Å². The van der Waals surface area contributed by atoms with Crippen LogP contribution in [0.1, 0.15) is 10.6 Å². The van der Waals surface area contributed by atoms with Crippen molar-refractivity contribution < 1.29 is 9.90 Å². The molecule has 0 saturated carbocycles. The summed E-state index contributed by atoms with van der Waals surface area (Å²) in [4.78, 5) is 18.3. The van der Waals surface area contributed by atoms with Gasteiger partial charge in [-0.15, -0.1) is 23.5 Å². The van der Waals surface area contributed by atoms with Crippen molar-refractivity contribution in [1.29, 1.82) is 0 Å². The lowest BCUT2D eigenvalue weighted by Gasteiger charge is -2.00. The molecule has 1 rings (SSSR count). The Kier molecular flexibility index (Phi) is 3.56. The molecular weight excluding hydrogens is 208 g/mol. The molecule has 1 aromatic rings. The first-order valence-electron chi connectivity index (χ1n) is 3.37. The van der Waals surface area contributed by atoms with Gasteiger partial charge in [0, 0.05) is 6.07 Å². The van der Waals surface area contributed by atoms with Crippen LogP contribution in [0.4, 0.5) is 0 Å². The summed E-state index contributed by atoms with van der Waals surface area (Å²) in [6.07, 6.45) is 3.69. The molecule has 13 heavy (non-hydrogen) atoms. The average Bonchev–Trinajstić information content (AvgIpc) is 2.16. The Hall–Kier alpha value is -0.750. The van der Waals surface area contributed by atoms with E-state index in [9.17, 15) is 4.79 Å². The van der Waals surface area contributed by atoms with Gasteiger partial charge in [-0.1, -0.05) is 0 Å². The van der Waals surface area contributed by atoms with Crippen LogP contribution >= 0.6 is 23.5 Å².